The number of carboxylic acids is 1. The van der Waals surface area contributed by atoms with E-state index >= 15 is 0 Å². The summed E-state index contributed by atoms with van der Waals surface area (Å²) in [4.78, 5) is 27.0. The first-order valence-corrected chi connectivity index (χ1v) is 8.70. The average Bonchev–Trinajstić information content (AvgIpc) is 2.97. The van der Waals surface area contributed by atoms with E-state index in [-0.39, 0.29) is 18.2 Å². The molecule has 0 unspecified atom stereocenters. The van der Waals surface area contributed by atoms with Crippen LogP contribution in [0.5, 0.6) is 0 Å². The van der Waals surface area contributed by atoms with Gasteiger partial charge in [-0.15, -0.1) is 0 Å². The van der Waals surface area contributed by atoms with Gasteiger partial charge in [0.05, 0.1) is 0 Å². The fourth-order valence-electron chi connectivity index (χ4n) is 2.99. The number of fused-ring (bicyclic) bond motifs is 1. The minimum absolute atomic E-state index is 0.169. The van der Waals surface area contributed by atoms with Crippen LogP contribution in [-0.4, -0.2) is 41.2 Å². The van der Waals surface area contributed by atoms with E-state index in [1.54, 1.807) is 6.20 Å². The van der Waals surface area contributed by atoms with Gasteiger partial charge in [0, 0.05) is 47.1 Å². The number of amides is 1. The predicted octanol–water partition coefficient (Wildman–Crippen LogP) is 2.47. The highest BCUT2D eigenvalue weighted by atomic mass is 79.9. The highest BCUT2D eigenvalue weighted by Crippen LogP contribution is 2.24. The second-order valence-corrected chi connectivity index (χ2v) is 6.91. The molecule has 7 heteroatoms. The van der Waals surface area contributed by atoms with E-state index in [1.807, 2.05) is 18.2 Å². The van der Waals surface area contributed by atoms with Crippen LogP contribution in [0.4, 0.5) is 0 Å². The number of hydrogen-bond acceptors (Lipinski definition) is 3. The van der Waals surface area contributed by atoms with Crippen molar-refractivity contribution in [3.05, 3.63) is 34.4 Å². The molecule has 2 aromatic rings. The zero-order chi connectivity index (χ0) is 17.1. The lowest BCUT2D eigenvalue weighted by atomic mass is 9.98. The average molecular weight is 395 g/mol. The Morgan fingerprint density at radius 3 is 2.83 bits per heavy atom. The number of aromatic amines is 1. The largest absolute Gasteiger partial charge is 0.480 e. The van der Waals surface area contributed by atoms with Crippen LogP contribution in [0.3, 0.4) is 0 Å². The maximum absolute atomic E-state index is 12.3. The number of benzene rings is 1. The lowest BCUT2D eigenvalue weighted by Crippen LogP contribution is -2.45. The third-order valence-corrected chi connectivity index (χ3v) is 4.85. The van der Waals surface area contributed by atoms with Crippen molar-refractivity contribution in [1.82, 2.24) is 10.3 Å². The van der Waals surface area contributed by atoms with E-state index in [2.05, 4.69) is 26.2 Å². The van der Waals surface area contributed by atoms with Crippen molar-refractivity contribution in [3.63, 3.8) is 0 Å². The Kier molecular flexibility index (Phi) is 5.20. The van der Waals surface area contributed by atoms with Gasteiger partial charge >= 0.3 is 5.97 Å². The van der Waals surface area contributed by atoms with Crippen LogP contribution in [0.15, 0.2) is 28.9 Å². The van der Waals surface area contributed by atoms with Crippen molar-refractivity contribution in [2.45, 2.75) is 25.3 Å². The Morgan fingerprint density at radius 1 is 1.38 bits per heavy atom. The molecule has 1 aliphatic rings. The monoisotopic (exact) mass is 394 g/mol. The number of hydrogen-bond donors (Lipinski definition) is 3. The van der Waals surface area contributed by atoms with Gasteiger partial charge < -0.3 is 20.1 Å². The molecule has 1 atom stereocenters. The summed E-state index contributed by atoms with van der Waals surface area (Å²) in [6.07, 6.45) is 3.31. The molecule has 6 nitrogen and oxygen atoms in total. The number of ether oxygens (including phenoxy) is 1. The highest BCUT2D eigenvalue weighted by Gasteiger charge is 2.27. The first-order chi connectivity index (χ1) is 11.5. The van der Waals surface area contributed by atoms with Crippen LogP contribution in [0.25, 0.3) is 10.9 Å². The smallest absolute Gasteiger partial charge is 0.326 e. The summed E-state index contributed by atoms with van der Waals surface area (Å²) >= 11 is 3.43. The Morgan fingerprint density at radius 2 is 2.12 bits per heavy atom. The summed E-state index contributed by atoms with van der Waals surface area (Å²) in [6.45, 7) is 1.10. The van der Waals surface area contributed by atoms with E-state index in [0.29, 0.717) is 26.1 Å². The van der Waals surface area contributed by atoms with Crippen LogP contribution in [0.1, 0.15) is 18.4 Å². The molecule has 1 amide bonds. The second kappa shape index (κ2) is 7.36. The first-order valence-electron chi connectivity index (χ1n) is 7.91. The van der Waals surface area contributed by atoms with Crippen molar-refractivity contribution < 1.29 is 19.4 Å². The molecule has 0 spiro atoms. The standard InChI is InChI=1S/C17H19BrN2O4/c18-12-1-2-14-13(8-12)11(9-19-14)7-15(17(22)23)20-16(21)10-3-5-24-6-4-10/h1-2,8-10,15,19H,3-7H2,(H,20,21)(H,22,23)/t15-/m0/s1. The van der Waals surface area contributed by atoms with Gasteiger partial charge in [0.1, 0.15) is 6.04 Å². The molecule has 1 aromatic carbocycles. The molecule has 3 N–H and O–H groups in total. The number of aromatic nitrogens is 1. The topological polar surface area (TPSA) is 91.4 Å². The number of carbonyl (C=O) groups is 2. The second-order valence-electron chi connectivity index (χ2n) is 5.99. The van der Waals surface area contributed by atoms with Gasteiger partial charge in [0.2, 0.25) is 5.91 Å². The molecular weight excluding hydrogens is 376 g/mol. The quantitative estimate of drug-likeness (QED) is 0.726. The Bertz CT molecular complexity index is 752. The molecule has 2 heterocycles. The zero-order valence-electron chi connectivity index (χ0n) is 13.0. The summed E-state index contributed by atoms with van der Waals surface area (Å²) < 4.78 is 6.17. The number of H-pyrrole nitrogens is 1. The van der Waals surface area contributed by atoms with E-state index < -0.39 is 12.0 Å². The van der Waals surface area contributed by atoms with Crippen LogP contribution in [-0.2, 0) is 20.7 Å². The SMILES string of the molecule is O=C(N[C@@H](Cc1c[nH]c2ccc(Br)cc12)C(=O)O)C1CCOCC1. The molecule has 1 saturated heterocycles. The number of nitrogens with one attached hydrogen (secondary N) is 2. The Labute approximate surface area is 147 Å². The maximum atomic E-state index is 12.3. The molecule has 128 valence electrons. The zero-order valence-corrected chi connectivity index (χ0v) is 14.6. The molecule has 0 bridgehead atoms. The molecule has 3 rings (SSSR count). The summed E-state index contributed by atoms with van der Waals surface area (Å²) in [5.41, 5.74) is 1.80. The van der Waals surface area contributed by atoms with Gasteiger partial charge in [0.15, 0.2) is 0 Å². The van der Waals surface area contributed by atoms with E-state index in [1.165, 1.54) is 0 Å². The van der Waals surface area contributed by atoms with Crippen LogP contribution < -0.4 is 5.32 Å². The normalized spacial score (nSPS) is 16.9. The van der Waals surface area contributed by atoms with Gasteiger partial charge in [-0.3, -0.25) is 4.79 Å². The van der Waals surface area contributed by atoms with Gasteiger partial charge in [0.25, 0.3) is 0 Å². The van der Waals surface area contributed by atoms with Crippen LogP contribution in [0.2, 0.25) is 0 Å². The molecule has 24 heavy (non-hydrogen) atoms. The van der Waals surface area contributed by atoms with Gasteiger partial charge in [-0.25, -0.2) is 4.79 Å². The van der Waals surface area contributed by atoms with Crippen molar-refractivity contribution in [3.8, 4) is 0 Å². The molecule has 1 fully saturated rings. The summed E-state index contributed by atoms with van der Waals surface area (Å²) in [5.74, 6) is -1.40. The minimum Gasteiger partial charge on any atom is -0.480 e. The molecule has 0 aliphatic carbocycles. The van der Waals surface area contributed by atoms with Crippen LogP contribution in [0, 0.1) is 5.92 Å². The van der Waals surface area contributed by atoms with E-state index in [4.69, 9.17) is 4.74 Å². The van der Waals surface area contributed by atoms with Crippen molar-refractivity contribution in [1.29, 1.82) is 0 Å². The number of rotatable bonds is 5. The Balaban J connectivity index is 1.74. The summed E-state index contributed by atoms with van der Waals surface area (Å²) in [5, 5.41) is 13.1. The molecule has 1 aromatic heterocycles. The minimum atomic E-state index is -1.03. The summed E-state index contributed by atoms with van der Waals surface area (Å²) in [6, 6.07) is 4.85. The lowest BCUT2D eigenvalue weighted by molar-refractivity contribution is -0.143. The highest BCUT2D eigenvalue weighted by molar-refractivity contribution is 9.10. The Hall–Kier alpha value is -1.86. The first kappa shape index (κ1) is 17.0. The molecular formula is C17H19BrN2O4. The van der Waals surface area contributed by atoms with Crippen molar-refractivity contribution in [2.24, 2.45) is 5.92 Å². The summed E-state index contributed by atoms with van der Waals surface area (Å²) in [7, 11) is 0. The lowest BCUT2D eigenvalue weighted by Gasteiger charge is -2.23. The number of aliphatic carboxylic acids is 1. The molecule has 0 saturated carbocycles. The van der Waals surface area contributed by atoms with Gasteiger partial charge in [-0.2, -0.15) is 0 Å². The van der Waals surface area contributed by atoms with E-state index in [0.717, 1.165) is 20.9 Å². The third kappa shape index (κ3) is 3.79. The fourth-order valence-corrected chi connectivity index (χ4v) is 3.35. The molecule has 1 aliphatic heterocycles. The van der Waals surface area contributed by atoms with E-state index in [9.17, 15) is 14.7 Å². The predicted molar refractivity (Wildman–Crippen MR) is 92.8 cm³/mol. The molecule has 0 radical (unpaired) electrons. The maximum Gasteiger partial charge on any atom is 0.326 e. The van der Waals surface area contributed by atoms with Gasteiger partial charge in [-0.1, -0.05) is 15.9 Å². The number of halogens is 1. The van der Waals surface area contributed by atoms with Gasteiger partial charge in [-0.05, 0) is 36.6 Å². The number of carbonyl (C=O) groups excluding carboxylic acids is 1. The van der Waals surface area contributed by atoms with Crippen molar-refractivity contribution in [2.75, 3.05) is 13.2 Å². The van der Waals surface area contributed by atoms with Crippen molar-refractivity contribution >= 4 is 38.7 Å². The third-order valence-electron chi connectivity index (χ3n) is 4.36. The number of carboxylic acid groups (broad SMARTS) is 1. The van der Waals surface area contributed by atoms with Crippen LogP contribution >= 0.6 is 15.9 Å². The fraction of sp³-hybridized carbons (Fsp3) is 0.412.